The van der Waals surface area contributed by atoms with E-state index in [2.05, 4.69) is 43.9 Å². The van der Waals surface area contributed by atoms with Crippen molar-refractivity contribution in [2.24, 2.45) is 23.2 Å². The molecule has 1 heterocycles. The first kappa shape index (κ1) is 21.9. The van der Waals surface area contributed by atoms with Crippen molar-refractivity contribution in [2.75, 3.05) is 6.79 Å². The second kappa shape index (κ2) is 8.13. The summed E-state index contributed by atoms with van der Waals surface area (Å²) in [6, 6.07) is 0. The Kier molecular flexibility index (Phi) is 5.56. The molecule has 0 aromatic carbocycles. The lowest BCUT2D eigenvalue weighted by Gasteiger charge is -2.54. The molecule has 0 spiro atoms. The largest absolute Gasteiger partial charge is 0.377 e. The molecule has 5 aliphatic rings. The third-order valence-electron chi connectivity index (χ3n) is 8.97. The Balaban J connectivity index is 1.66. The van der Waals surface area contributed by atoms with Gasteiger partial charge in [-0.15, -0.1) is 5.92 Å². The molecule has 170 valence electrons. The van der Waals surface area contributed by atoms with Crippen molar-refractivity contribution in [3.63, 3.8) is 0 Å². The van der Waals surface area contributed by atoms with Crippen molar-refractivity contribution in [1.29, 1.82) is 0 Å². The number of ether oxygens (including phenoxy) is 2. The number of allylic oxidation sites excluding steroid dienone is 6. The number of carbonyl (C=O) groups excluding carboxylic acids is 1. The van der Waals surface area contributed by atoms with E-state index in [1.165, 1.54) is 22.3 Å². The van der Waals surface area contributed by atoms with Crippen LogP contribution in [0.3, 0.4) is 0 Å². The van der Waals surface area contributed by atoms with Crippen molar-refractivity contribution in [2.45, 2.75) is 77.1 Å². The standard InChI is InChI=1S/C28H34O4/c1-4-12-28(30)13-10-23-21-8-6-18(11-14-29)20(5-2)26(21)22(16-27(23,28)3)19-7-9-24-25(15-19)32-17-31-24/h7,9,11,14-15,21-25,30H,5-6,8,10,13,16-17H2,1-3H3/b18-11-/t21-,22+,23-,24?,25?,27-,28-/m0/s1. The lowest BCUT2D eigenvalue weighted by molar-refractivity contribution is -0.104. The molecule has 2 unspecified atom stereocenters. The Morgan fingerprint density at radius 2 is 2.09 bits per heavy atom. The maximum absolute atomic E-state index is 11.7. The molecular weight excluding hydrogens is 400 g/mol. The summed E-state index contributed by atoms with van der Waals surface area (Å²) in [5, 5.41) is 11.7. The summed E-state index contributed by atoms with van der Waals surface area (Å²) < 4.78 is 11.5. The molecule has 3 fully saturated rings. The van der Waals surface area contributed by atoms with E-state index >= 15 is 0 Å². The van der Waals surface area contributed by atoms with Crippen LogP contribution in [0.5, 0.6) is 0 Å². The van der Waals surface area contributed by atoms with Gasteiger partial charge in [-0.05, 0) is 86.2 Å². The van der Waals surface area contributed by atoms with Crippen molar-refractivity contribution in [3.8, 4) is 11.8 Å². The minimum Gasteiger partial charge on any atom is -0.377 e. The first-order valence-electron chi connectivity index (χ1n) is 12.1. The molecule has 0 bridgehead atoms. The molecule has 0 aromatic heterocycles. The number of carbonyl (C=O) groups is 1. The summed E-state index contributed by atoms with van der Waals surface area (Å²) in [5.74, 6) is 7.26. The van der Waals surface area contributed by atoms with Gasteiger partial charge in [-0.2, -0.15) is 0 Å². The monoisotopic (exact) mass is 434 g/mol. The molecule has 5 rings (SSSR count). The van der Waals surface area contributed by atoms with Gasteiger partial charge in [-0.1, -0.05) is 37.5 Å². The fraction of sp³-hybridized carbons (Fsp3) is 0.607. The molecule has 1 saturated heterocycles. The zero-order chi connectivity index (χ0) is 22.5. The van der Waals surface area contributed by atoms with Crippen LogP contribution >= 0.6 is 0 Å². The molecule has 1 N–H and O–H groups in total. The number of hydrogen-bond acceptors (Lipinski definition) is 4. The Bertz CT molecular complexity index is 989. The van der Waals surface area contributed by atoms with Gasteiger partial charge in [0.2, 0.25) is 0 Å². The Labute approximate surface area is 191 Å². The average Bonchev–Trinajstić information content (AvgIpc) is 3.35. The van der Waals surface area contributed by atoms with Gasteiger partial charge in [0.15, 0.2) is 0 Å². The highest BCUT2D eigenvalue weighted by atomic mass is 16.7. The molecule has 0 amide bonds. The van der Waals surface area contributed by atoms with Gasteiger partial charge in [-0.25, -0.2) is 0 Å². The smallest absolute Gasteiger partial charge is 0.148 e. The Morgan fingerprint density at radius 3 is 2.84 bits per heavy atom. The third kappa shape index (κ3) is 3.13. The van der Waals surface area contributed by atoms with E-state index in [4.69, 9.17) is 9.47 Å². The van der Waals surface area contributed by atoms with Crippen LogP contribution in [0.4, 0.5) is 0 Å². The summed E-state index contributed by atoms with van der Waals surface area (Å²) in [7, 11) is 0. The van der Waals surface area contributed by atoms with Crippen LogP contribution in [0.2, 0.25) is 0 Å². The number of hydrogen-bond donors (Lipinski definition) is 1. The molecule has 0 radical (unpaired) electrons. The number of aldehydes is 1. The fourth-order valence-corrected chi connectivity index (χ4v) is 7.47. The molecule has 2 saturated carbocycles. The zero-order valence-electron chi connectivity index (χ0n) is 19.4. The zero-order valence-corrected chi connectivity index (χ0v) is 19.4. The molecule has 1 aliphatic heterocycles. The molecule has 32 heavy (non-hydrogen) atoms. The highest BCUT2D eigenvalue weighted by molar-refractivity contribution is 5.69. The van der Waals surface area contributed by atoms with Crippen molar-refractivity contribution in [1.82, 2.24) is 0 Å². The summed E-state index contributed by atoms with van der Waals surface area (Å²) >= 11 is 0. The number of rotatable bonds is 3. The summed E-state index contributed by atoms with van der Waals surface area (Å²) in [6.45, 7) is 6.64. The predicted molar refractivity (Wildman–Crippen MR) is 123 cm³/mol. The number of fused-ring (bicyclic) bond motifs is 4. The molecular formula is C28H34O4. The van der Waals surface area contributed by atoms with Crippen LogP contribution in [0.25, 0.3) is 0 Å². The number of aliphatic hydroxyl groups is 1. The van der Waals surface area contributed by atoms with Crippen molar-refractivity contribution < 1.29 is 19.4 Å². The second-order valence-corrected chi connectivity index (χ2v) is 10.2. The topological polar surface area (TPSA) is 55.8 Å². The lowest BCUT2D eigenvalue weighted by atomic mass is 9.51. The molecule has 0 aromatic rings. The lowest BCUT2D eigenvalue weighted by Crippen LogP contribution is -2.51. The van der Waals surface area contributed by atoms with Gasteiger partial charge >= 0.3 is 0 Å². The van der Waals surface area contributed by atoms with Gasteiger partial charge in [0, 0.05) is 11.3 Å². The van der Waals surface area contributed by atoms with E-state index in [1.807, 2.05) is 6.92 Å². The molecule has 4 aliphatic carbocycles. The average molecular weight is 435 g/mol. The van der Waals surface area contributed by atoms with Crippen LogP contribution < -0.4 is 0 Å². The first-order chi connectivity index (χ1) is 15.5. The van der Waals surface area contributed by atoms with E-state index in [-0.39, 0.29) is 23.5 Å². The van der Waals surface area contributed by atoms with Crippen molar-refractivity contribution >= 4 is 6.29 Å². The van der Waals surface area contributed by atoms with Crippen LogP contribution in [-0.2, 0) is 14.3 Å². The van der Waals surface area contributed by atoms with Gasteiger partial charge < -0.3 is 14.6 Å². The first-order valence-corrected chi connectivity index (χ1v) is 12.1. The van der Waals surface area contributed by atoms with Gasteiger partial charge in [-0.3, -0.25) is 4.79 Å². The SMILES string of the molecule is CC#C[C@]1(O)CC[C@H]2[C@@H]3CC/C(=C/C=O)C(CC)=C3[C@@H](C3=CC4OCOC4C=C3)C[C@@]21C. The summed E-state index contributed by atoms with van der Waals surface area (Å²) in [5.41, 5.74) is 4.10. The third-order valence-corrected chi connectivity index (χ3v) is 8.97. The molecule has 4 heteroatoms. The quantitative estimate of drug-likeness (QED) is 0.399. The van der Waals surface area contributed by atoms with Crippen molar-refractivity contribution in [3.05, 3.63) is 46.6 Å². The van der Waals surface area contributed by atoms with E-state index in [1.54, 1.807) is 6.08 Å². The predicted octanol–water partition coefficient (Wildman–Crippen LogP) is 4.66. The van der Waals surface area contributed by atoms with Crippen LogP contribution in [0, 0.1) is 35.0 Å². The fourth-order valence-electron chi connectivity index (χ4n) is 7.47. The summed E-state index contributed by atoms with van der Waals surface area (Å²) in [4.78, 5) is 11.4. The highest BCUT2D eigenvalue weighted by Crippen LogP contribution is 2.65. The minimum absolute atomic E-state index is 0.00709. The summed E-state index contributed by atoms with van der Waals surface area (Å²) in [6.07, 6.45) is 14.7. The van der Waals surface area contributed by atoms with E-state index in [0.29, 0.717) is 18.6 Å². The van der Waals surface area contributed by atoms with E-state index < -0.39 is 5.60 Å². The maximum Gasteiger partial charge on any atom is 0.148 e. The molecule has 4 nitrogen and oxygen atoms in total. The normalized spacial score (nSPS) is 43.8. The van der Waals surface area contributed by atoms with Gasteiger partial charge in [0.25, 0.3) is 0 Å². The van der Waals surface area contributed by atoms with Crippen LogP contribution in [0.1, 0.15) is 59.3 Å². The van der Waals surface area contributed by atoms with Gasteiger partial charge in [0.1, 0.15) is 30.9 Å². The molecule has 7 atom stereocenters. The Hall–Kier alpha value is -1.93. The Morgan fingerprint density at radius 1 is 1.28 bits per heavy atom. The minimum atomic E-state index is -0.948. The second-order valence-electron chi connectivity index (χ2n) is 10.2. The van der Waals surface area contributed by atoms with E-state index in [0.717, 1.165) is 44.8 Å². The van der Waals surface area contributed by atoms with E-state index in [9.17, 15) is 9.90 Å². The highest BCUT2D eigenvalue weighted by Gasteiger charge is 2.62. The maximum atomic E-state index is 11.7. The van der Waals surface area contributed by atoms with Gasteiger partial charge in [0.05, 0.1) is 0 Å². The van der Waals surface area contributed by atoms with Crippen LogP contribution in [0.15, 0.2) is 46.6 Å². The van der Waals surface area contributed by atoms with Crippen LogP contribution in [-0.4, -0.2) is 36.0 Å².